The molecule has 0 unspecified atom stereocenters. The molecular formula is C18H14Cl3FN4O2S. The van der Waals surface area contributed by atoms with Crippen LogP contribution < -0.4 is 10.1 Å². The van der Waals surface area contributed by atoms with E-state index in [1.165, 1.54) is 48.2 Å². The third-order valence-electron chi connectivity index (χ3n) is 3.72. The average Bonchev–Trinajstić information content (AvgIpc) is 3.04. The summed E-state index contributed by atoms with van der Waals surface area (Å²) in [5, 5.41) is 12.2. The predicted octanol–water partition coefficient (Wildman–Crippen LogP) is 5.22. The molecule has 0 saturated heterocycles. The molecule has 0 bridgehead atoms. The monoisotopic (exact) mass is 474 g/mol. The largest absolute Gasteiger partial charge is 0.486 e. The van der Waals surface area contributed by atoms with Crippen molar-refractivity contribution in [2.24, 2.45) is 7.05 Å². The van der Waals surface area contributed by atoms with Crippen molar-refractivity contribution in [2.45, 2.75) is 11.8 Å². The van der Waals surface area contributed by atoms with Gasteiger partial charge in [-0.3, -0.25) is 4.79 Å². The van der Waals surface area contributed by atoms with Crippen LogP contribution in [-0.2, 0) is 18.4 Å². The van der Waals surface area contributed by atoms with Crippen molar-refractivity contribution in [3.8, 4) is 5.75 Å². The third-order valence-corrected chi connectivity index (χ3v) is 5.78. The van der Waals surface area contributed by atoms with E-state index in [0.29, 0.717) is 27.4 Å². The molecule has 11 heteroatoms. The van der Waals surface area contributed by atoms with Gasteiger partial charge in [0.25, 0.3) is 0 Å². The van der Waals surface area contributed by atoms with E-state index in [-0.39, 0.29) is 34.1 Å². The molecule has 2 aromatic carbocycles. The van der Waals surface area contributed by atoms with E-state index in [2.05, 4.69) is 15.5 Å². The van der Waals surface area contributed by atoms with E-state index in [9.17, 15) is 9.18 Å². The van der Waals surface area contributed by atoms with Gasteiger partial charge < -0.3 is 14.6 Å². The number of nitrogens with one attached hydrogen (secondary N) is 1. The Balaban J connectivity index is 1.55. The normalized spacial score (nSPS) is 10.8. The van der Waals surface area contributed by atoms with Crippen LogP contribution in [0.1, 0.15) is 5.82 Å². The molecule has 1 N–H and O–H groups in total. The van der Waals surface area contributed by atoms with Crippen LogP contribution in [-0.4, -0.2) is 26.4 Å². The van der Waals surface area contributed by atoms with Gasteiger partial charge in [-0.05, 0) is 36.4 Å². The average molecular weight is 476 g/mol. The van der Waals surface area contributed by atoms with Gasteiger partial charge in [0.2, 0.25) is 5.91 Å². The van der Waals surface area contributed by atoms with E-state index in [4.69, 9.17) is 39.5 Å². The number of ether oxygens (including phenoxy) is 1. The molecule has 0 atom stereocenters. The molecule has 0 aliphatic rings. The minimum atomic E-state index is -0.338. The van der Waals surface area contributed by atoms with Gasteiger partial charge in [0.15, 0.2) is 11.0 Å². The Hall–Kier alpha value is -2.00. The van der Waals surface area contributed by atoms with Crippen LogP contribution in [0.2, 0.25) is 15.1 Å². The predicted molar refractivity (Wildman–Crippen MR) is 113 cm³/mol. The van der Waals surface area contributed by atoms with Crippen molar-refractivity contribution in [1.29, 1.82) is 0 Å². The first-order valence-electron chi connectivity index (χ1n) is 8.17. The van der Waals surface area contributed by atoms with Gasteiger partial charge in [-0.15, -0.1) is 10.2 Å². The second-order valence-corrected chi connectivity index (χ2v) is 7.95. The Morgan fingerprint density at radius 1 is 1.14 bits per heavy atom. The number of hydrogen-bond donors (Lipinski definition) is 1. The number of rotatable bonds is 7. The van der Waals surface area contributed by atoms with Crippen LogP contribution >= 0.6 is 46.6 Å². The SMILES string of the molecule is Cn1c(COc2ccc(F)cc2)nnc1SCC(=O)Nc1cc(Cl)c(Cl)cc1Cl. The highest BCUT2D eigenvalue weighted by atomic mass is 35.5. The Morgan fingerprint density at radius 3 is 2.55 bits per heavy atom. The zero-order valence-corrected chi connectivity index (χ0v) is 18.0. The molecule has 0 aliphatic heterocycles. The van der Waals surface area contributed by atoms with Gasteiger partial charge >= 0.3 is 0 Å². The maximum Gasteiger partial charge on any atom is 0.234 e. The molecule has 152 valence electrons. The van der Waals surface area contributed by atoms with E-state index in [1.54, 1.807) is 11.6 Å². The molecule has 3 rings (SSSR count). The summed E-state index contributed by atoms with van der Waals surface area (Å²) < 4.78 is 20.2. The van der Waals surface area contributed by atoms with Crippen LogP contribution in [0.25, 0.3) is 0 Å². The highest BCUT2D eigenvalue weighted by Crippen LogP contribution is 2.32. The van der Waals surface area contributed by atoms with Crippen molar-refractivity contribution < 1.29 is 13.9 Å². The molecule has 29 heavy (non-hydrogen) atoms. The fraction of sp³-hybridized carbons (Fsp3) is 0.167. The summed E-state index contributed by atoms with van der Waals surface area (Å²) >= 11 is 19.1. The number of carbonyl (C=O) groups excluding carboxylic acids is 1. The Labute approximate surface area is 185 Å². The van der Waals surface area contributed by atoms with Gasteiger partial charge in [0.1, 0.15) is 18.2 Å². The van der Waals surface area contributed by atoms with E-state index in [1.807, 2.05) is 0 Å². The highest BCUT2D eigenvalue weighted by Gasteiger charge is 2.14. The van der Waals surface area contributed by atoms with Crippen LogP contribution in [0.3, 0.4) is 0 Å². The molecule has 0 spiro atoms. The molecule has 1 heterocycles. The van der Waals surface area contributed by atoms with Crippen LogP contribution in [0.4, 0.5) is 10.1 Å². The highest BCUT2D eigenvalue weighted by molar-refractivity contribution is 7.99. The third kappa shape index (κ3) is 5.76. The number of anilines is 1. The lowest BCUT2D eigenvalue weighted by atomic mass is 10.3. The number of hydrogen-bond acceptors (Lipinski definition) is 5. The number of nitrogens with zero attached hydrogens (tertiary/aromatic N) is 3. The zero-order valence-electron chi connectivity index (χ0n) is 15.0. The lowest BCUT2D eigenvalue weighted by Gasteiger charge is -2.09. The summed E-state index contributed by atoms with van der Waals surface area (Å²) in [4.78, 5) is 12.2. The van der Waals surface area contributed by atoms with Crippen molar-refractivity contribution >= 4 is 58.2 Å². The second kappa shape index (κ2) is 9.67. The maximum absolute atomic E-state index is 12.9. The van der Waals surface area contributed by atoms with Crippen molar-refractivity contribution in [3.63, 3.8) is 0 Å². The summed E-state index contributed by atoms with van der Waals surface area (Å²) in [6.07, 6.45) is 0. The van der Waals surface area contributed by atoms with Crippen molar-refractivity contribution in [2.75, 3.05) is 11.1 Å². The quantitative estimate of drug-likeness (QED) is 0.374. The number of thioether (sulfide) groups is 1. The molecule has 0 saturated carbocycles. The smallest absolute Gasteiger partial charge is 0.234 e. The summed E-state index contributed by atoms with van der Waals surface area (Å²) in [6.45, 7) is 0.154. The fourth-order valence-electron chi connectivity index (χ4n) is 2.21. The molecule has 6 nitrogen and oxygen atoms in total. The molecule has 1 aromatic heterocycles. The topological polar surface area (TPSA) is 69.0 Å². The van der Waals surface area contributed by atoms with E-state index in [0.717, 1.165) is 0 Å². The summed E-state index contributed by atoms with van der Waals surface area (Å²) in [5.41, 5.74) is 0.373. The van der Waals surface area contributed by atoms with Crippen molar-refractivity contribution in [3.05, 3.63) is 63.1 Å². The Morgan fingerprint density at radius 2 is 1.83 bits per heavy atom. The number of benzene rings is 2. The van der Waals surface area contributed by atoms with Crippen LogP contribution in [0, 0.1) is 5.82 Å². The van der Waals surface area contributed by atoms with E-state index >= 15 is 0 Å². The van der Waals surface area contributed by atoms with Crippen LogP contribution in [0.5, 0.6) is 5.75 Å². The first kappa shape index (κ1) is 21.7. The lowest BCUT2D eigenvalue weighted by Crippen LogP contribution is -2.15. The van der Waals surface area contributed by atoms with Gasteiger partial charge in [0.05, 0.1) is 26.5 Å². The van der Waals surface area contributed by atoms with Crippen LogP contribution in [0.15, 0.2) is 41.6 Å². The van der Waals surface area contributed by atoms with Gasteiger partial charge in [-0.1, -0.05) is 46.6 Å². The minimum absolute atomic E-state index is 0.0847. The summed E-state index contributed by atoms with van der Waals surface area (Å²) in [6, 6.07) is 8.63. The Bertz CT molecular complexity index is 1030. The number of carbonyl (C=O) groups is 1. The minimum Gasteiger partial charge on any atom is -0.486 e. The second-order valence-electron chi connectivity index (χ2n) is 5.78. The summed E-state index contributed by atoms with van der Waals surface area (Å²) in [5.74, 6) is 0.533. The van der Waals surface area contributed by atoms with E-state index < -0.39 is 0 Å². The standard InChI is InChI=1S/C18H14Cl3FN4O2S/c1-26-16(8-28-11-4-2-10(22)3-5-11)24-25-18(26)29-9-17(27)23-15-7-13(20)12(19)6-14(15)21/h2-7H,8-9H2,1H3,(H,23,27). The zero-order chi connectivity index (χ0) is 21.0. The molecule has 0 aliphatic carbocycles. The Kier molecular flexibility index (Phi) is 7.23. The van der Waals surface area contributed by atoms with Crippen molar-refractivity contribution in [1.82, 2.24) is 14.8 Å². The van der Waals surface area contributed by atoms with Gasteiger partial charge in [0, 0.05) is 7.05 Å². The molecule has 0 radical (unpaired) electrons. The fourth-order valence-corrected chi connectivity index (χ4v) is 3.53. The molecular weight excluding hydrogens is 462 g/mol. The molecule has 3 aromatic rings. The van der Waals surface area contributed by atoms with Gasteiger partial charge in [-0.25, -0.2) is 4.39 Å². The number of aromatic nitrogens is 3. The summed E-state index contributed by atoms with van der Waals surface area (Å²) in [7, 11) is 1.76. The number of amides is 1. The van der Waals surface area contributed by atoms with Gasteiger partial charge in [-0.2, -0.15) is 0 Å². The first-order valence-corrected chi connectivity index (χ1v) is 10.3. The lowest BCUT2D eigenvalue weighted by molar-refractivity contribution is -0.113. The molecule has 1 amide bonds. The number of halogens is 4. The first-order chi connectivity index (χ1) is 13.8. The maximum atomic E-state index is 12.9. The molecule has 0 fully saturated rings.